The van der Waals surface area contributed by atoms with Crippen LogP contribution in [0, 0.1) is 6.92 Å². The van der Waals surface area contributed by atoms with Gasteiger partial charge in [-0.25, -0.2) is 4.79 Å². The van der Waals surface area contributed by atoms with Crippen LogP contribution in [0.2, 0.25) is 0 Å². The van der Waals surface area contributed by atoms with E-state index in [1.807, 2.05) is 19.9 Å². The monoisotopic (exact) mass is 281 g/mol. The highest BCUT2D eigenvalue weighted by atomic mass is 16.5. The molecular weight excluding hydrogens is 258 g/mol. The van der Waals surface area contributed by atoms with E-state index in [4.69, 9.17) is 4.42 Å². The fourth-order valence-electron chi connectivity index (χ4n) is 2.62. The van der Waals surface area contributed by atoms with Crippen LogP contribution in [0.1, 0.15) is 48.1 Å². The molecule has 1 fully saturated rings. The Hall–Kier alpha value is -1.33. The van der Waals surface area contributed by atoms with Gasteiger partial charge in [-0.05, 0) is 45.7 Å². The van der Waals surface area contributed by atoms with Crippen molar-refractivity contribution in [1.82, 2.24) is 4.90 Å². The molecule has 0 aromatic carbocycles. The fraction of sp³-hybridized carbons (Fsp3) is 0.667. The molecular formula is C15H23NO4. The number of methoxy groups -OCH3 is 1. The number of carbonyl (C=O) groups excluding carboxylic acids is 1. The average Bonchev–Trinajstić information content (AvgIpc) is 2.66. The predicted octanol–water partition coefficient (Wildman–Crippen LogP) is 2.11. The molecule has 0 bridgehead atoms. The second kappa shape index (κ2) is 5.97. The SMILES string of the molecule is COC(=O)c1oc(CN2CCCC(C)(O)CC2)cc1C. The molecule has 1 saturated heterocycles. The molecule has 1 atom stereocenters. The van der Waals surface area contributed by atoms with Crippen molar-refractivity contribution in [3.63, 3.8) is 0 Å². The first kappa shape index (κ1) is 15.1. The van der Waals surface area contributed by atoms with Crippen LogP contribution >= 0.6 is 0 Å². The highest BCUT2D eigenvalue weighted by Gasteiger charge is 2.25. The van der Waals surface area contributed by atoms with Crippen LogP contribution in [0.3, 0.4) is 0 Å². The Morgan fingerprint density at radius 2 is 2.25 bits per heavy atom. The van der Waals surface area contributed by atoms with Gasteiger partial charge in [0.2, 0.25) is 5.76 Å². The largest absolute Gasteiger partial charge is 0.463 e. The summed E-state index contributed by atoms with van der Waals surface area (Å²) in [7, 11) is 1.35. The summed E-state index contributed by atoms with van der Waals surface area (Å²) < 4.78 is 10.3. The van der Waals surface area contributed by atoms with Crippen LogP contribution in [0.25, 0.3) is 0 Å². The van der Waals surface area contributed by atoms with Crippen LogP contribution < -0.4 is 0 Å². The lowest BCUT2D eigenvalue weighted by Crippen LogP contribution is -2.28. The average molecular weight is 281 g/mol. The zero-order chi connectivity index (χ0) is 14.8. The van der Waals surface area contributed by atoms with E-state index in [-0.39, 0.29) is 5.76 Å². The maximum absolute atomic E-state index is 11.5. The third-order valence-electron chi connectivity index (χ3n) is 3.88. The summed E-state index contributed by atoms with van der Waals surface area (Å²) in [4.78, 5) is 13.8. The molecule has 0 spiro atoms. The Balaban J connectivity index is 2.01. The van der Waals surface area contributed by atoms with E-state index in [1.54, 1.807) is 0 Å². The van der Waals surface area contributed by atoms with Crippen LogP contribution in [-0.2, 0) is 11.3 Å². The van der Waals surface area contributed by atoms with Gasteiger partial charge in [0.25, 0.3) is 0 Å². The van der Waals surface area contributed by atoms with Gasteiger partial charge >= 0.3 is 5.97 Å². The van der Waals surface area contributed by atoms with E-state index in [9.17, 15) is 9.90 Å². The van der Waals surface area contributed by atoms with E-state index < -0.39 is 11.6 Å². The van der Waals surface area contributed by atoms with Gasteiger partial charge in [0.15, 0.2) is 0 Å². The van der Waals surface area contributed by atoms with Gasteiger partial charge in [0.05, 0.1) is 19.3 Å². The zero-order valence-electron chi connectivity index (χ0n) is 12.4. The Labute approximate surface area is 119 Å². The molecule has 2 heterocycles. The standard InChI is InChI=1S/C15H23NO4/c1-11-9-12(20-13(11)14(17)19-3)10-16-7-4-5-15(2,18)6-8-16/h9,18H,4-8,10H2,1-3H3. The Morgan fingerprint density at radius 3 is 2.95 bits per heavy atom. The number of likely N-dealkylation sites (tertiary alicyclic amines) is 1. The van der Waals surface area contributed by atoms with Gasteiger partial charge in [-0.1, -0.05) is 0 Å². The Kier molecular flexibility index (Phi) is 4.50. The number of esters is 1. The maximum Gasteiger partial charge on any atom is 0.374 e. The number of aliphatic hydroxyl groups is 1. The van der Waals surface area contributed by atoms with Gasteiger partial charge in [-0.3, -0.25) is 4.90 Å². The summed E-state index contributed by atoms with van der Waals surface area (Å²) in [5.41, 5.74) is 0.235. The quantitative estimate of drug-likeness (QED) is 0.860. The summed E-state index contributed by atoms with van der Waals surface area (Å²) in [6, 6.07) is 1.88. The highest BCUT2D eigenvalue weighted by Crippen LogP contribution is 2.23. The minimum Gasteiger partial charge on any atom is -0.463 e. The summed E-state index contributed by atoms with van der Waals surface area (Å²) in [6.07, 6.45) is 2.56. The van der Waals surface area contributed by atoms with Crippen molar-refractivity contribution in [3.05, 3.63) is 23.2 Å². The first-order chi connectivity index (χ1) is 9.41. The topological polar surface area (TPSA) is 62.9 Å². The van der Waals surface area contributed by atoms with E-state index in [0.717, 1.165) is 43.7 Å². The number of ether oxygens (including phenoxy) is 1. The number of carbonyl (C=O) groups is 1. The summed E-state index contributed by atoms with van der Waals surface area (Å²) in [6.45, 7) is 6.16. The van der Waals surface area contributed by atoms with Crippen LogP contribution in [0.5, 0.6) is 0 Å². The molecule has 5 nitrogen and oxygen atoms in total. The predicted molar refractivity (Wildman–Crippen MR) is 74.5 cm³/mol. The lowest BCUT2D eigenvalue weighted by Gasteiger charge is -2.21. The van der Waals surface area contributed by atoms with Crippen molar-refractivity contribution >= 4 is 5.97 Å². The number of hydrogen-bond donors (Lipinski definition) is 1. The molecule has 2 rings (SSSR count). The number of furan rings is 1. The Morgan fingerprint density at radius 1 is 1.50 bits per heavy atom. The number of hydrogen-bond acceptors (Lipinski definition) is 5. The smallest absolute Gasteiger partial charge is 0.374 e. The van der Waals surface area contributed by atoms with Crippen molar-refractivity contribution < 1.29 is 19.1 Å². The van der Waals surface area contributed by atoms with E-state index in [2.05, 4.69) is 9.64 Å². The van der Waals surface area contributed by atoms with Crippen molar-refractivity contribution in [2.45, 2.75) is 45.3 Å². The maximum atomic E-state index is 11.5. The molecule has 1 N–H and O–H groups in total. The molecule has 0 amide bonds. The molecule has 1 aliphatic rings. The normalized spacial score (nSPS) is 24.4. The zero-order valence-corrected chi connectivity index (χ0v) is 12.4. The molecule has 0 radical (unpaired) electrons. The van der Waals surface area contributed by atoms with Crippen molar-refractivity contribution in [2.24, 2.45) is 0 Å². The first-order valence-electron chi connectivity index (χ1n) is 7.04. The van der Waals surface area contributed by atoms with Crippen molar-refractivity contribution in [2.75, 3.05) is 20.2 Å². The second-order valence-electron chi connectivity index (χ2n) is 5.84. The lowest BCUT2D eigenvalue weighted by molar-refractivity contribution is 0.0442. The highest BCUT2D eigenvalue weighted by molar-refractivity contribution is 5.87. The summed E-state index contributed by atoms with van der Waals surface area (Å²) in [5, 5.41) is 10.1. The first-order valence-corrected chi connectivity index (χ1v) is 7.04. The molecule has 1 aromatic heterocycles. The van der Waals surface area contributed by atoms with Gasteiger partial charge < -0.3 is 14.3 Å². The number of nitrogens with zero attached hydrogens (tertiary/aromatic N) is 1. The molecule has 20 heavy (non-hydrogen) atoms. The summed E-state index contributed by atoms with van der Waals surface area (Å²) in [5.74, 6) is 0.612. The minimum atomic E-state index is -0.564. The molecule has 0 aliphatic carbocycles. The fourth-order valence-corrected chi connectivity index (χ4v) is 2.62. The second-order valence-corrected chi connectivity index (χ2v) is 5.84. The van der Waals surface area contributed by atoms with Gasteiger partial charge in [-0.15, -0.1) is 0 Å². The van der Waals surface area contributed by atoms with Crippen LogP contribution in [0.15, 0.2) is 10.5 Å². The molecule has 1 aromatic rings. The lowest BCUT2D eigenvalue weighted by atomic mass is 9.98. The van der Waals surface area contributed by atoms with Crippen molar-refractivity contribution in [3.8, 4) is 0 Å². The third kappa shape index (κ3) is 3.61. The molecule has 0 saturated carbocycles. The van der Waals surface area contributed by atoms with E-state index in [1.165, 1.54) is 7.11 Å². The Bertz CT molecular complexity index is 478. The minimum absolute atomic E-state index is 0.282. The van der Waals surface area contributed by atoms with Gasteiger partial charge in [-0.2, -0.15) is 0 Å². The molecule has 1 aliphatic heterocycles. The molecule has 5 heteroatoms. The van der Waals surface area contributed by atoms with E-state index >= 15 is 0 Å². The van der Waals surface area contributed by atoms with Crippen molar-refractivity contribution in [1.29, 1.82) is 0 Å². The van der Waals surface area contributed by atoms with Gasteiger partial charge in [0.1, 0.15) is 5.76 Å². The van der Waals surface area contributed by atoms with E-state index in [0.29, 0.717) is 6.54 Å². The van der Waals surface area contributed by atoms with Crippen LogP contribution in [0.4, 0.5) is 0 Å². The van der Waals surface area contributed by atoms with Crippen LogP contribution in [-0.4, -0.2) is 41.8 Å². The third-order valence-corrected chi connectivity index (χ3v) is 3.88. The number of rotatable bonds is 3. The summed E-state index contributed by atoms with van der Waals surface area (Å²) >= 11 is 0. The van der Waals surface area contributed by atoms with Gasteiger partial charge in [0, 0.05) is 12.1 Å². The molecule has 112 valence electrons. The molecule has 1 unspecified atom stereocenters. The number of aryl methyl sites for hydroxylation is 1.